The van der Waals surface area contributed by atoms with Gasteiger partial charge in [0.25, 0.3) is 0 Å². The summed E-state index contributed by atoms with van der Waals surface area (Å²) in [5, 5.41) is 29.5. The van der Waals surface area contributed by atoms with E-state index in [2.05, 4.69) is 25.7 Å². The maximum atomic E-state index is 12.3. The highest BCUT2D eigenvalue weighted by atomic mass is 16.3. The average molecular weight is 361 g/mol. The molecule has 1 aliphatic heterocycles. The van der Waals surface area contributed by atoms with E-state index in [1.165, 1.54) is 0 Å². The van der Waals surface area contributed by atoms with E-state index in [0.29, 0.717) is 29.5 Å². The van der Waals surface area contributed by atoms with Gasteiger partial charge < -0.3 is 10.4 Å². The number of phenols is 1. The first-order chi connectivity index (χ1) is 13.1. The van der Waals surface area contributed by atoms with Crippen LogP contribution in [0.15, 0.2) is 42.6 Å². The zero-order chi connectivity index (χ0) is 18.5. The number of aryl methyl sites for hydroxylation is 1. The minimum absolute atomic E-state index is 0.0936. The highest BCUT2D eigenvalue weighted by Gasteiger charge is 2.30. The van der Waals surface area contributed by atoms with Crippen molar-refractivity contribution in [1.29, 1.82) is 0 Å². The SMILES string of the molecule is Cc1nnc2ccc(-n3ncc4c3NC(=O)C[C@H]4c3ccc(O)cc3)nn12. The summed E-state index contributed by atoms with van der Waals surface area (Å²) in [6, 6.07) is 10.5. The van der Waals surface area contributed by atoms with E-state index in [-0.39, 0.29) is 17.6 Å². The van der Waals surface area contributed by atoms with Gasteiger partial charge in [0, 0.05) is 17.9 Å². The number of nitrogens with zero attached hydrogens (tertiary/aromatic N) is 6. The lowest BCUT2D eigenvalue weighted by atomic mass is 9.87. The van der Waals surface area contributed by atoms with Gasteiger partial charge in [-0.05, 0) is 36.8 Å². The largest absolute Gasteiger partial charge is 0.508 e. The number of benzene rings is 1. The molecule has 0 aliphatic carbocycles. The summed E-state index contributed by atoms with van der Waals surface area (Å²) >= 11 is 0. The van der Waals surface area contributed by atoms with E-state index in [1.54, 1.807) is 39.7 Å². The average Bonchev–Trinajstić information content (AvgIpc) is 3.25. The molecule has 4 heterocycles. The van der Waals surface area contributed by atoms with Crippen molar-refractivity contribution in [3.63, 3.8) is 0 Å². The number of anilines is 1. The van der Waals surface area contributed by atoms with Crippen LogP contribution in [-0.2, 0) is 4.79 Å². The molecular formula is C18H15N7O2. The molecule has 5 rings (SSSR count). The number of amides is 1. The highest BCUT2D eigenvalue weighted by molar-refractivity contribution is 5.94. The van der Waals surface area contributed by atoms with Gasteiger partial charge in [0.1, 0.15) is 11.6 Å². The molecule has 0 spiro atoms. The van der Waals surface area contributed by atoms with Gasteiger partial charge in [-0.15, -0.1) is 15.3 Å². The maximum Gasteiger partial charge on any atom is 0.226 e. The molecule has 1 aliphatic rings. The zero-order valence-corrected chi connectivity index (χ0v) is 14.4. The van der Waals surface area contributed by atoms with E-state index in [0.717, 1.165) is 11.1 Å². The minimum Gasteiger partial charge on any atom is -0.508 e. The monoisotopic (exact) mass is 361 g/mol. The third kappa shape index (κ3) is 2.43. The van der Waals surface area contributed by atoms with Gasteiger partial charge in [0.05, 0.1) is 6.20 Å². The Morgan fingerprint density at radius 3 is 2.78 bits per heavy atom. The van der Waals surface area contributed by atoms with E-state index in [4.69, 9.17) is 0 Å². The Bertz CT molecular complexity index is 1180. The molecule has 1 atom stereocenters. The van der Waals surface area contributed by atoms with Crippen LogP contribution in [0.4, 0.5) is 5.82 Å². The number of aromatic nitrogens is 6. The van der Waals surface area contributed by atoms with E-state index in [1.807, 2.05) is 19.1 Å². The fourth-order valence-electron chi connectivity index (χ4n) is 3.40. The Balaban J connectivity index is 1.63. The van der Waals surface area contributed by atoms with Gasteiger partial charge in [-0.25, -0.2) is 0 Å². The van der Waals surface area contributed by atoms with Gasteiger partial charge in [-0.3, -0.25) is 4.79 Å². The van der Waals surface area contributed by atoms with Crippen molar-refractivity contribution in [3.05, 3.63) is 59.5 Å². The number of nitrogens with one attached hydrogen (secondary N) is 1. The van der Waals surface area contributed by atoms with Crippen LogP contribution >= 0.6 is 0 Å². The smallest absolute Gasteiger partial charge is 0.226 e. The van der Waals surface area contributed by atoms with Crippen LogP contribution in [0.3, 0.4) is 0 Å². The number of phenolic OH excluding ortho intramolecular Hbond substituents is 1. The standard InChI is InChI=1S/C18H15N7O2/c1-10-21-22-15-6-7-16(23-24(10)15)25-18-14(9-19-25)13(8-17(27)20-18)11-2-4-12(26)5-3-11/h2-7,9,13,26H,8H2,1H3,(H,20,27)/t13-/m0/s1. The summed E-state index contributed by atoms with van der Waals surface area (Å²) in [6.45, 7) is 1.82. The fraction of sp³-hybridized carbons (Fsp3) is 0.167. The molecular weight excluding hydrogens is 346 g/mol. The van der Waals surface area contributed by atoms with Crippen LogP contribution in [0.5, 0.6) is 5.75 Å². The molecule has 3 aromatic heterocycles. The van der Waals surface area contributed by atoms with Gasteiger partial charge in [-0.2, -0.15) is 14.3 Å². The quantitative estimate of drug-likeness (QED) is 0.563. The van der Waals surface area contributed by atoms with Crippen LogP contribution in [0.2, 0.25) is 0 Å². The molecule has 0 fully saturated rings. The summed E-state index contributed by atoms with van der Waals surface area (Å²) < 4.78 is 3.24. The maximum absolute atomic E-state index is 12.3. The van der Waals surface area contributed by atoms with Crippen LogP contribution < -0.4 is 5.32 Å². The molecule has 0 bridgehead atoms. The van der Waals surface area contributed by atoms with Crippen LogP contribution in [0.1, 0.15) is 29.3 Å². The van der Waals surface area contributed by atoms with Gasteiger partial charge >= 0.3 is 0 Å². The van der Waals surface area contributed by atoms with Crippen LogP contribution in [0.25, 0.3) is 11.5 Å². The molecule has 2 N–H and O–H groups in total. The lowest BCUT2D eigenvalue weighted by Crippen LogP contribution is -2.24. The van der Waals surface area contributed by atoms with Crippen LogP contribution in [0, 0.1) is 6.92 Å². The summed E-state index contributed by atoms with van der Waals surface area (Å²) in [6.07, 6.45) is 2.07. The molecule has 0 unspecified atom stereocenters. The second-order valence-corrected chi connectivity index (χ2v) is 6.47. The van der Waals surface area contributed by atoms with E-state index < -0.39 is 0 Å². The summed E-state index contributed by atoms with van der Waals surface area (Å²) in [5.74, 6) is 1.78. The first-order valence-electron chi connectivity index (χ1n) is 8.46. The topological polar surface area (TPSA) is 110 Å². The second kappa shape index (κ2) is 5.63. The van der Waals surface area contributed by atoms with Crippen LogP contribution in [-0.4, -0.2) is 40.6 Å². The number of rotatable bonds is 2. The second-order valence-electron chi connectivity index (χ2n) is 6.47. The fourth-order valence-corrected chi connectivity index (χ4v) is 3.40. The summed E-state index contributed by atoms with van der Waals surface area (Å²) in [5.41, 5.74) is 2.49. The summed E-state index contributed by atoms with van der Waals surface area (Å²) in [4.78, 5) is 12.3. The molecule has 1 aromatic carbocycles. The van der Waals surface area contributed by atoms with Crippen molar-refractivity contribution >= 4 is 17.4 Å². The number of hydrogen-bond donors (Lipinski definition) is 2. The minimum atomic E-state index is -0.136. The van der Waals surface area contributed by atoms with Gasteiger partial charge in [0.15, 0.2) is 17.3 Å². The van der Waals surface area contributed by atoms with E-state index in [9.17, 15) is 9.90 Å². The first-order valence-corrected chi connectivity index (χ1v) is 8.46. The number of carbonyl (C=O) groups excluding carboxylic acids is 1. The molecule has 0 saturated carbocycles. The number of fused-ring (bicyclic) bond motifs is 2. The summed E-state index contributed by atoms with van der Waals surface area (Å²) in [7, 11) is 0. The lowest BCUT2D eigenvalue weighted by molar-refractivity contribution is -0.116. The highest BCUT2D eigenvalue weighted by Crippen LogP contribution is 2.38. The molecule has 27 heavy (non-hydrogen) atoms. The molecule has 134 valence electrons. The van der Waals surface area contributed by atoms with Crippen molar-refractivity contribution in [3.8, 4) is 11.6 Å². The Morgan fingerprint density at radius 2 is 1.96 bits per heavy atom. The zero-order valence-electron chi connectivity index (χ0n) is 14.4. The Labute approximate surface area is 153 Å². The van der Waals surface area contributed by atoms with Crippen molar-refractivity contribution in [2.24, 2.45) is 0 Å². The van der Waals surface area contributed by atoms with Gasteiger partial charge in [0.2, 0.25) is 5.91 Å². The molecule has 0 saturated heterocycles. The normalized spacial score (nSPS) is 16.3. The number of aromatic hydroxyl groups is 1. The lowest BCUT2D eigenvalue weighted by Gasteiger charge is -2.23. The van der Waals surface area contributed by atoms with Crippen molar-refractivity contribution < 1.29 is 9.90 Å². The molecule has 1 amide bonds. The number of hydrogen-bond acceptors (Lipinski definition) is 6. The predicted octanol–water partition coefficient (Wildman–Crippen LogP) is 1.80. The predicted molar refractivity (Wildman–Crippen MR) is 95.8 cm³/mol. The number of carbonyl (C=O) groups is 1. The molecule has 9 heteroatoms. The third-order valence-electron chi connectivity index (χ3n) is 4.74. The van der Waals surface area contributed by atoms with Crippen molar-refractivity contribution in [1.82, 2.24) is 29.6 Å². The van der Waals surface area contributed by atoms with Crippen molar-refractivity contribution in [2.75, 3.05) is 5.32 Å². The van der Waals surface area contributed by atoms with E-state index >= 15 is 0 Å². The molecule has 0 radical (unpaired) electrons. The Hall–Kier alpha value is -3.75. The molecule has 9 nitrogen and oxygen atoms in total. The first kappa shape index (κ1) is 15.5. The van der Waals surface area contributed by atoms with Crippen molar-refractivity contribution in [2.45, 2.75) is 19.3 Å². The third-order valence-corrected chi connectivity index (χ3v) is 4.74. The Morgan fingerprint density at radius 1 is 1.15 bits per heavy atom. The van der Waals surface area contributed by atoms with Gasteiger partial charge in [-0.1, -0.05) is 12.1 Å². The molecule has 4 aromatic rings. The Kier molecular flexibility index (Phi) is 3.23.